The minimum absolute atomic E-state index is 0.536. The smallest absolute Gasteiger partial charge is 0.145 e. The number of nitrogens with two attached hydrogens (primary N) is 1. The Morgan fingerprint density at radius 2 is 2.22 bits per heavy atom. The van der Waals surface area contributed by atoms with Gasteiger partial charge in [-0.2, -0.15) is 0 Å². The highest BCUT2D eigenvalue weighted by Gasteiger charge is 2.03. The van der Waals surface area contributed by atoms with Crippen molar-refractivity contribution in [2.45, 2.75) is 13.5 Å². The van der Waals surface area contributed by atoms with Gasteiger partial charge in [-0.15, -0.1) is 0 Å². The molecule has 0 atom stereocenters. The van der Waals surface area contributed by atoms with Crippen molar-refractivity contribution >= 4 is 5.69 Å². The van der Waals surface area contributed by atoms with Crippen LogP contribution in [0.3, 0.4) is 0 Å². The first-order valence-electron chi connectivity index (χ1n) is 5.75. The first kappa shape index (κ1) is 12.3. The van der Waals surface area contributed by atoms with Crippen molar-refractivity contribution < 1.29 is 9.47 Å². The first-order valence-corrected chi connectivity index (χ1v) is 5.75. The second-order valence-electron chi connectivity index (χ2n) is 3.92. The molecule has 18 heavy (non-hydrogen) atoms. The van der Waals surface area contributed by atoms with Crippen LogP contribution in [0.25, 0.3) is 0 Å². The second kappa shape index (κ2) is 5.44. The number of aryl methyl sites for hydroxylation is 1. The maximum Gasteiger partial charge on any atom is 0.145 e. The van der Waals surface area contributed by atoms with E-state index in [0.717, 1.165) is 18.1 Å². The average molecular weight is 247 g/mol. The largest absolute Gasteiger partial charge is 0.497 e. The summed E-state index contributed by atoms with van der Waals surface area (Å²) in [6.07, 6.45) is 3.70. The number of benzene rings is 1. The zero-order chi connectivity index (χ0) is 13.0. The number of nitrogen functional groups attached to an aromatic ring is 1. The number of aromatic nitrogens is 2. The Kier molecular flexibility index (Phi) is 3.72. The fraction of sp³-hybridized carbons (Fsp3) is 0.308. The van der Waals surface area contributed by atoms with Gasteiger partial charge in [0.25, 0.3) is 0 Å². The third-order valence-electron chi connectivity index (χ3n) is 2.73. The third-order valence-corrected chi connectivity index (χ3v) is 2.73. The zero-order valence-corrected chi connectivity index (χ0v) is 10.6. The van der Waals surface area contributed by atoms with Crippen molar-refractivity contribution in [1.29, 1.82) is 0 Å². The molecular formula is C13H17N3O2. The Morgan fingerprint density at radius 1 is 1.39 bits per heavy atom. The summed E-state index contributed by atoms with van der Waals surface area (Å²) in [6.45, 7) is 3.23. The summed E-state index contributed by atoms with van der Waals surface area (Å²) in [5, 5.41) is 0. The van der Waals surface area contributed by atoms with Crippen molar-refractivity contribution in [3.63, 3.8) is 0 Å². The Balaban J connectivity index is 1.96. The lowest BCUT2D eigenvalue weighted by Crippen LogP contribution is -2.09. The number of imidazole rings is 1. The lowest BCUT2D eigenvalue weighted by Gasteiger charge is -2.11. The molecule has 96 valence electrons. The minimum Gasteiger partial charge on any atom is -0.497 e. The van der Waals surface area contributed by atoms with Crippen molar-refractivity contribution in [2.75, 3.05) is 19.5 Å². The molecular weight excluding hydrogens is 230 g/mol. The quantitative estimate of drug-likeness (QED) is 0.819. The van der Waals surface area contributed by atoms with E-state index in [2.05, 4.69) is 4.98 Å². The average Bonchev–Trinajstić information content (AvgIpc) is 2.77. The van der Waals surface area contributed by atoms with Crippen molar-refractivity contribution in [2.24, 2.45) is 0 Å². The van der Waals surface area contributed by atoms with Gasteiger partial charge in [-0.05, 0) is 19.1 Å². The molecule has 0 saturated heterocycles. The van der Waals surface area contributed by atoms with Crippen LogP contribution in [0.1, 0.15) is 5.82 Å². The van der Waals surface area contributed by atoms with E-state index in [9.17, 15) is 0 Å². The molecule has 0 spiro atoms. The SMILES string of the molecule is COc1ccc(N)c(OCCn2ccnc2C)c1. The van der Waals surface area contributed by atoms with Crippen molar-refractivity contribution in [3.8, 4) is 11.5 Å². The van der Waals surface area contributed by atoms with Gasteiger partial charge in [0.15, 0.2) is 0 Å². The van der Waals surface area contributed by atoms with Gasteiger partial charge < -0.3 is 19.8 Å². The summed E-state index contributed by atoms with van der Waals surface area (Å²) >= 11 is 0. The van der Waals surface area contributed by atoms with Crippen LogP contribution < -0.4 is 15.2 Å². The van der Waals surface area contributed by atoms with E-state index < -0.39 is 0 Å². The summed E-state index contributed by atoms with van der Waals surface area (Å²) < 4.78 is 12.8. The van der Waals surface area contributed by atoms with Crippen molar-refractivity contribution in [1.82, 2.24) is 9.55 Å². The number of ether oxygens (including phenoxy) is 2. The van der Waals surface area contributed by atoms with Crippen molar-refractivity contribution in [3.05, 3.63) is 36.4 Å². The van der Waals surface area contributed by atoms with E-state index >= 15 is 0 Å². The van der Waals surface area contributed by atoms with E-state index in [0.29, 0.717) is 18.0 Å². The summed E-state index contributed by atoms with van der Waals surface area (Å²) in [4.78, 5) is 4.15. The molecule has 0 bridgehead atoms. The fourth-order valence-electron chi connectivity index (χ4n) is 1.66. The van der Waals surface area contributed by atoms with Crippen LogP contribution in [0, 0.1) is 6.92 Å². The Hall–Kier alpha value is -2.17. The molecule has 0 aliphatic rings. The van der Waals surface area contributed by atoms with Crippen LogP contribution in [0.2, 0.25) is 0 Å². The maximum atomic E-state index is 5.83. The Labute approximate surface area is 106 Å². The number of methoxy groups -OCH3 is 1. The molecule has 0 amide bonds. The molecule has 0 fully saturated rings. The number of rotatable bonds is 5. The number of anilines is 1. The summed E-state index contributed by atoms with van der Waals surface area (Å²) in [6, 6.07) is 5.37. The first-order chi connectivity index (χ1) is 8.70. The highest BCUT2D eigenvalue weighted by Crippen LogP contribution is 2.26. The third kappa shape index (κ3) is 2.74. The number of hydrogen-bond acceptors (Lipinski definition) is 4. The number of hydrogen-bond donors (Lipinski definition) is 1. The van der Waals surface area contributed by atoms with Gasteiger partial charge in [0.05, 0.1) is 19.3 Å². The standard InChI is InChI=1S/C13H17N3O2/c1-10-15-5-6-16(10)7-8-18-13-9-11(17-2)3-4-12(13)14/h3-6,9H,7-8,14H2,1-2H3. The van der Waals surface area contributed by atoms with E-state index in [-0.39, 0.29) is 0 Å². The molecule has 0 radical (unpaired) electrons. The maximum absolute atomic E-state index is 5.83. The van der Waals surface area contributed by atoms with E-state index in [1.165, 1.54) is 0 Å². The molecule has 1 aromatic carbocycles. The Morgan fingerprint density at radius 3 is 2.89 bits per heavy atom. The number of nitrogens with zero attached hydrogens (tertiary/aromatic N) is 2. The summed E-state index contributed by atoms with van der Waals surface area (Å²) in [5.41, 5.74) is 6.44. The van der Waals surface area contributed by atoms with Crippen LogP contribution in [-0.4, -0.2) is 23.3 Å². The van der Waals surface area contributed by atoms with Gasteiger partial charge in [-0.1, -0.05) is 0 Å². The molecule has 2 rings (SSSR count). The van der Waals surface area contributed by atoms with Crippen LogP contribution in [-0.2, 0) is 6.54 Å². The van der Waals surface area contributed by atoms with Gasteiger partial charge in [-0.3, -0.25) is 0 Å². The van der Waals surface area contributed by atoms with Gasteiger partial charge in [0.1, 0.15) is 23.9 Å². The highest BCUT2D eigenvalue weighted by molar-refractivity contribution is 5.55. The predicted octanol–water partition coefficient (Wildman–Crippen LogP) is 1.86. The van der Waals surface area contributed by atoms with Crippen LogP contribution in [0.4, 0.5) is 5.69 Å². The van der Waals surface area contributed by atoms with E-state index in [1.54, 1.807) is 25.4 Å². The van der Waals surface area contributed by atoms with Gasteiger partial charge >= 0.3 is 0 Å². The Bertz CT molecular complexity index is 523. The normalized spacial score (nSPS) is 10.3. The molecule has 0 aliphatic heterocycles. The predicted molar refractivity (Wildman–Crippen MR) is 69.9 cm³/mol. The topological polar surface area (TPSA) is 62.3 Å². The van der Waals surface area contributed by atoms with Crippen LogP contribution >= 0.6 is 0 Å². The summed E-state index contributed by atoms with van der Waals surface area (Å²) in [7, 11) is 1.62. The molecule has 1 aromatic heterocycles. The molecule has 0 unspecified atom stereocenters. The minimum atomic E-state index is 0.536. The van der Waals surface area contributed by atoms with Crippen LogP contribution in [0.5, 0.6) is 11.5 Å². The molecule has 2 N–H and O–H groups in total. The lowest BCUT2D eigenvalue weighted by atomic mass is 10.3. The summed E-state index contributed by atoms with van der Waals surface area (Å²) in [5.74, 6) is 2.35. The van der Waals surface area contributed by atoms with Crippen LogP contribution in [0.15, 0.2) is 30.6 Å². The molecule has 1 heterocycles. The van der Waals surface area contributed by atoms with Gasteiger partial charge in [-0.25, -0.2) is 4.98 Å². The molecule has 0 aliphatic carbocycles. The highest BCUT2D eigenvalue weighted by atomic mass is 16.5. The second-order valence-corrected chi connectivity index (χ2v) is 3.92. The monoisotopic (exact) mass is 247 g/mol. The molecule has 5 nitrogen and oxygen atoms in total. The van der Waals surface area contributed by atoms with E-state index in [1.807, 2.05) is 23.8 Å². The lowest BCUT2D eigenvalue weighted by molar-refractivity contribution is 0.296. The van der Waals surface area contributed by atoms with E-state index in [4.69, 9.17) is 15.2 Å². The molecule has 0 saturated carbocycles. The molecule has 5 heteroatoms. The van der Waals surface area contributed by atoms with Gasteiger partial charge in [0.2, 0.25) is 0 Å². The zero-order valence-electron chi connectivity index (χ0n) is 10.6. The fourth-order valence-corrected chi connectivity index (χ4v) is 1.66. The molecule has 2 aromatic rings. The van der Waals surface area contributed by atoms with Gasteiger partial charge in [0, 0.05) is 18.5 Å².